The van der Waals surface area contributed by atoms with Crippen molar-refractivity contribution >= 4 is 22.7 Å². The van der Waals surface area contributed by atoms with E-state index in [0.717, 1.165) is 39.1 Å². The van der Waals surface area contributed by atoms with E-state index in [1.807, 2.05) is 50.0 Å². The number of anilines is 2. The van der Waals surface area contributed by atoms with Gasteiger partial charge in [-0.3, -0.25) is 9.67 Å². The number of aromatic nitrogens is 6. The fourth-order valence-electron chi connectivity index (χ4n) is 3.25. The van der Waals surface area contributed by atoms with Crippen molar-refractivity contribution in [1.82, 2.24) is 29.9 Å². The molecule has 0 spiro atoms. The lowest BCUT2D eigenvalue weighted by Crippen LogP contribution is -2.00. The van der Waals surface area contributed by atoms with Gasteiger partial charge in [-0.05, 0) is 49.6 Å². The Bertz CT molecular complexity index is 1160. The maximum Gasteiger partial charge on any atom is 0.154 e. The molecule has 0 amide bonds. The standard InChI is InChI=1S/C21H23N7/c1-12(2)15-8-21(26-22-10-15)25-20-7-6-18-19(24-20)9-16(13(3)23-18)17-11-28(5)27-14(17)4/h6-12H,1-5H3,(H,24,25,26). The van der Waals surface area contributed by atoms with Gasteiger partial charge in [-0.1, -0.05) is 13.8 Å². The molecule has 4 heterocycles. The van der Waals surface area contributed by atoms with Crippen LogP contribution in [0, 0.1) is 13.8 Å². The van der Waals surface area contributed by atoms with Crippen LogP contribution in [0.25, 0.3) is 22.2 Å². The van der Waals surface area contributed by atoms with Crippen molar-refractivity contribution in [3.63, 3.8) is 0 Å². The average molecular weight is 373 g/mol. The maximum atomic E-state index is 4.74. The van der Waals surface area contributed by atoms with E-state index in [1.54, 1.807) is 6.20 Å². The number of rotatable bonds is 4. The highest BCUT2D eigenvalue weighted by molar-refractivity contribution is 5.83. The first-order valence-electron chi connectivity index (χ1n) is 9.29. The molecule has 0 aliphatic carbocycles. The molecular formula is C21H23N7. The maximum absolute atomic E-state index is 4.74. The van der Waals surface area contributed by atoms with Gasteiger partial charge in [0.1, 0.15) is 5.82 Å². The molecule has 4 aromatic heterocycles. The van der Waals surface area contributed by atoms with E-state index in [1.165, 1.54) is 0 Å². The minimum Gasteiger partial charge on any atom is -0.323 e. The molecule has 0 fully saturated rings. The number of nitrogens with zero attached hydrogens (tertiary/aromatic N) is 6. The highest BCUT2D eigenvalue weighted by Crippen LogP contribution is 2.28. The Morgan fingerprint density at radius 1 is 0.929 bits per heavy atom. The lowest BCUT2D eigenvalue weighted by atomic mass is 10.0. The van der Waals surface area contributed by atoms with Gasteiger partial charge in [0.15, 0.2) is 5.82 Å². The fraction of sp³-hybridized carbons (Fsp3) is 0.286. The quantitative estimate of drug-likeness (QED) is 0.574. The highest BCUT2D eigenvalue weighted by Gasteiger charge is 2.12. The van der Waals surface area contributed by atoms with Crippen LogP contribution in [0.2, 0.25) is 0 Å². The molecule has 4 aromatic rings. The van der Waals surface area contributed by atoms with Crippen molar-refractivity contribution in [1.29, 1.82) is 0 Å². The third kappa shape index (κ3) is 3.43. The van der Waals surface area contributed by atoms with Crippen molar-refractivity contribution in [3.8, 4) is 11.1 Å². The molecule has 0 bridgehead atoms. The molecule has 28 heavy (non-hydrogen) atoms. The number of fused-ring (bicyclic) bond motifs is 1. The van der Waals surface area contributed by atoms with Crippen LogP contribution in [0.4, 0.5) is 11.6 Å². The van der Waals surface area contributed by atoms with E-state index in [2.05, 4.69) is 40.5 Å². The van der Waals surface area contributed by atoms with Gasteiger partial charge in [-0.25, -0.2) is 4.98 Å². The summed E-state index contributed by atoms with van der Waals surface area (Å²) in [6.45, 7) is 8.28. The zero-order valence-electron chi connectivity index (χ0n) is 16.7. The average Bonchev–Trinajstić information content (AvgIpc) is 2.99. The number of hydrogen-bond donors (Lipinski definition) is 1. The van der Waals surface area contributed by atoms with E-state index in [0.29, 0.717) is 17.6 Å². The zero-order chi connectivity index (χ0) is 19.8. The van der Waals surface area contributed by atoms with Crippen molar-refractivity contribution < 1.29 is 0 Å². The molecule has 7 nitrogen and oxygen atoms in total. The molecule has 0 saturated heterocycles. The van der Waals surface area contributed by atoms with Gasteiger partial charge in [0.2, 0.25) is 0 Å². The Labute approximate surface area is 163 Å². The third-order valence-electron chi connectivity index (χ3n) is 4.76. The van der Waals surface area contributed by atoms with Crippen LogP contribution in [0.1, 0.15) is 36.7 Å². The second-order valence-corrected chi connectivity index (χ2v) is 7.31. The second kappa shape index (κ2) is 6.99. The number of aryl methyl sites for hydroxylation is 3. The predicted octanol–water partition coefficient (Wildman–Crippen LogP) is 4.30. The van der Waals surface area contributed by atoms with Crippen molar-refractivity contribution in [2.45, 2.75) is 33.6 Å². The van der Waals surface area contributed by atoms with Crippen LogP contribution < -0.4 is 5.32 Å². The van der Waals surface area contributed by atoms with Crippen LogP contribution in [-0.4, -0.2) is 29.9 Å². The monoisotopic (exact) mass is 373 g/mol. The molecule has 0 unspecified atom stereocenters. The Kier molecular flexibility index (Phi) is 4.50. The number of hydrogen-bond acceptors (Lipinski definition) is 6. The Morgan fingerprint density at radius 2 is 1.75 bits per heavy atom. The van der Waals surface area contributed by atoms with E-state index in [9.17, 15) is 0 Å². The van der Waals surface area contributed by atoms with Crippen LogP contribution in [0.3, 0.4) is 0 Å². The number of nitrogens with one attached hydrogen (secondary N) is 1. The molecule has 0 aliphatic heterocycles. The molecule has 0 saturated carbocycles. The lowest BCUT2D eigenvalue weighted by molar-refractivity contribution is 0.756. The summed E-state index contributed by atoms with van der Waals surface area (Å²) < 4.78 is 1.82. The zero-order valence-corrected chi connectivity index (χ0v) is 16.7. The SMILES string of the molecule is Cc1nc2ccc(Nc3cc(C(C)C)cnn3)nc2cc1-c1cn(C)nc1C. The number of pyridine rings is 2. The molecular weight excluding hydrogens is 350 g/mol. The summed E-state index contributed by atoms with van der Waals surface area (Å²) in [6.07, 6.45) is 3.80. The molecule has 0 aliphatic rings. The second-order valence-electron chi connectivity index (χ2n) is 7.31. The predicted molar refractivity (Wildman–Crippen MR) is 111 cm³/mol. The first kappa shape index (κ1) is 18.0. The van der Waals surface area contributed by atoms with E-state index in [-0.39, 0.29) is 0 Å². The summed E-state index contributed by atoms with van der Waals surface area (Å²) in [4.78, 5) is 9.47. The van der Waals surface area contributed by atoms with Crippen molar-refractivity contribution in [3.05, 3.63) is 53.6 Å². The van der Waals surface area contributed by atoms with Gasteiger partial charge in [0.05, 0.1) is 22.9 Å². The Morgan fingerprint density at radius 3 is 2.46 bits per heavy atom. The van der Waals surface area contributed by atoms with Crippen molar-refractivity contribution in [2.24, 2.45) is 7.05 Å². The summed E-state index contributed by atoms with van der Waals surface area (Å²) in [5.74, 6) is 1.78. The summed E-state index contributed by atoms with van der Waals surface area (Å²) in [6, 6.07) is 7.95. The molecule has 1 N–H and O–H groups in total. The van der Waals surface area contributed by atoms with Crippen LogP contribution in [-0.2, 0) is 7.05 Å². The normalized spacial score (nSPS) is 11.4. The Hall–Kier alpha value is -3.35. The van der Waals surface area contributed by atoms with Gasteiger partial charge in [-0.2, -0.15) is 10.2 Å². The smallest absolute Gasteiger partial charge is 0.154 e. The van der Waals surface area contributed by atoms with E-state index >= 15 is 0 Å². The van der Waals surface area contributed by atoms with Crippen LogP contribution >= 0.6 is 0 Å². The topological polar surface area (TPSA) is 81.4 Å². The summed E-state index contributed by atoms with van der Waals surface area (Å²) in [7, 11) is 1.92. The Balaban J connectivity index is 1.73. The van der Waals surface area contributed by atoms with Gasteiger partial charge in [0, 0.05) is 30.1 Å². The van der Waals surface area contributed by atoms with Gasteiger partial charge < -0.3 is 5.32 Å². The van der Waals surface area contributed by atoms with Crippen molar-refractivity contribution in [2.75, 3.05) is 5.32 Å². The summed E-state index contributed by atoms with van der Waals surface area (Å²) in [5, 5.41) is 15.9. The summed E-state index contributed by atoms with van der Waals surface area (Å²) >= 11 is 0. The van der Waals surface area contributed by atoms with Crippen LogP contribution in [0.5, 0.6) is 0 Å². The fourth-order valence-corrected chi connectivity index (χ4v) is 3.25. The van der Waals surface area contributed by atoms with E-state index in [4.69, 9.17) is 9.97 Å². The highest BCUT2D eigenvalue weighted by atomic mass is 15.2. The minimum atomic E-state index is 0.387. The summed E-state index contributed by atoms with van der Waals surface area (Å²) in [5.41, 5.74) is 6.86. The largest absolute Gasteiger partial charge is 0.323 e. The van der Waals surface area contributed by atoms with Gasteiger partial charge >= 0.3 is 0 Å². The first-order chi connectivity index (χ1) is 13.4. The minimum absolute atomic E-state index is 0.387. The molecule has 142 valence electrons. The molecule has 0 atom stereocenters. The van der Waals surface area contributed by atoms with Gasteiger partial charge in [-0.15, -0.1) is 5.10 Å². The molecule has 0 aromatic carbocycles. The lowest BCUT2D eigenvalue weighted by Gasteiger charge is -2.10. The van der Waals surface area contributed by atoms with E-state index < -0.39 is 0 Å². The third-order valence-corrected chi connectivity index (χ3v) is 4.76. The molecule has 7 heteroatoms. The van der Waals surface area contributed by atoms with Gasteiger partial charge in [0.25, 0.3) is 0 Å². The molecule has 4 rings (SSSR count). The first-order valence-corrected chi connectivity index (χ1v) is 9.29. The van der Waals surface area contributed by atoms with Crippen LogP contribution in [0.15, 0.2) is 36.7 Å². The molecule has 0 radical (unpaired) electrons.